The van der Waals surface area contributed by atoms with Crippen molar-refractivity contribution in [3.8, 4) is 5.75 Å². The van der Waals surface area contributed by atoms with Crippen molar-refractivity contribution in [2.75, 3.05) is 13.7 Å². The first kappa shape index (κ1) is 17.1. The van der Waals surface area contributed by atoms with Gasteiger partial charge in [-0.2, -0.15) is 0 Å². The lowest BCUT2D eigenvalue weighted by Crippen LogP contribution is -2.63. The highest BCUT2D eigenvalue weighted by atomic mass is 16.5. The van der Waals surface area contributed by atoms with Crippen LogP contribution in [0.5, 0.6) is 5.75 Å². The van der Waals surface area contributed by atoms with E-state index in [1.807, 2.05) is 0 Å². The molecule has 1 aromatic rings. The molecule has 5 atom stereocenters. The van der Waals surface area contributed by atoms with Gasteiger partial charge in [0.15, 0.2) is 0 Å². The standard InChI is InChI=1S/C23H33NO2/c1-15(11-16-3-4-16)24-10-9-23-14-18(25)6-8-20(23)22(24)12-17-5-7-19(26-2)13-21(17)23/h5,7,13,15-16,18,20,22,25H,3-4,6,8-12,14H2,1-2H3/t15?,18?,20-,22+,23-/m0/s1. The van der Waals surface area contributed by atoms with E-state index in [-0.39, 0.29) is 11.5 Å². The summed E-state index contributed by atoms with van der Waals surface area (Å²) < 4.78 is 5.56. The van der Waals surface area contributed by atoms with E-state index in [9.17, 15) is 5.11 Å². The number of piperidine rings is 1. The summed E-state index contributed by atoms with van der Waals surface area (Å²) in [6.07, 6.45) is 9.61. The highest BCUT2D eigenvalue weighted by molar-refractivity contribution is 5.46. The molecule has 1 N–H and O–H groups in total. The van der Waals surface area contributed by atoms with Crippen LogP contribution in [-0.2, 0) is 11.8 Å². The summed E-state index contributed by atoms with van der Waals surface area (Å²) in [5.41, 5.74) is 3.16. The Balaban J connectivity index is 1.54. The van der Waals surface area contributed by atoms with E-state index in [0.29, 0.717) is 18.0 Å². The zero-order chi connectivity index (χ0) is 17.9. The first-order valence-electron chi connectivity index (χ1n) is 10.7. The number of aliphatic hydroxyl groups excluding tert-OH is 1. The third-order valence-corrected chi connectivity index (χ3v) is 8.05. The molecule has 0 amide bonds. The van der Waals surface area contributed by atoms with Gasteiger partial charge in [-0.3, -0.25) is 4.90 Å². The van der Waals surface area contributed by atoms with E-state index >= 15 is 0 Å². The van der Waals surface area contributed by atoms with Crippen LogP contribution in [0.3, 0.4) is 0 Å². The van der Waals surface area contributed by atoms with Crippen molar-refractivity contribution >= 4 is 0 Å². The smallest absolute Gasteiger partial charge is 0.119 e. The molecule has 0 radical (unpaired) electrons. The van der Waals surface area contributed by atoms with Gasteiger partial charge in [0.05, 0.1) is 13.2 Å². The molecule has 5 rings (SSSR count). The number of hydrogen-bond donors (Lipinski definition) is 1. The van der Waals surface area contributed by atoms with Crippen LogP contribution >= 0.6 is 0 Å². The summed E-state index contributed by atoms with van der Waals surface area (Å²) in [4.78, 5) is 2.85. The van der Waals surface area contributed by atoms with Crippen LogP contribution in [0.4, 0.5) is 0 Å². The van der Waals surface area contributed by atoms with Crippen molar-refractivity contribution in [1.82, 2.24) is 4.90 Å². The first-order chi connectivity index (χ1) is 12.6. The third kappa shape index (κ3) is 2.62. The highest BCUT2D eigenvalue weighted by Gasteiger charge is 2.56. The van der Waals surface area contributed by atoms with Gasteiger partial charge in [-0.25, -0.2) is 0 Å². The van der Waals surface area contributed by atoms with Crippen LogP contribution in [0.2, 0.25) is 0 Å². The Bertz CT molecular complexity index is 685. The van der Waals surface area contributed by atoms with E-state index in [1.165, 1.54) is 56.2 Å². The molecule has 1 heterocycles. The molecule has 1 saturated heterocycles. The molecule has 2 saturated carbocycles. The van der Waals surface area contributed by atoms with E-state index < -0.39 is 0 Å². The Labute approximate surface area is 157 Å². The number of hydrogen-bond acceptors (Lipinski definition) is 3. The Morgan fingerprint density at radius 1 is 1.27 bits per heavy atom. The minimum absolute atomic E-state index is 0.139. The van der Waals surface area contributed by atoms with Crippen molar-refractivity contribution in [2.45, 2.75) is 81.9 Å². The van der Waals surface area contributed by atoms with E-state index in [2.05, 4.69) is 30.0 Å². The predicted molar refractivity (Wildman–Crippen MR) is 104 cm³/mol. The molecule has 1 aromatic carbocycles. The number of methoxy groups -OCH3 is 1. The predicted octanol–water partition coefficient (Wildman–Crippen LogP) is 3.91. The van der Waals surface area contributed by atoms with Gasteiger partial charge in [0.2, 0.25) is 0 Å². The number of ether oxygens (including phenoxy) is 1. The maximum atomic E-state index is 10.6. The summed E-state index contributed by atoms with van der Waals surface area (Å²) in [7, 11) is 1.76. The van der Waals surface area contributed by atoms with Gasteiger partial charge in [-0.15, -0.1) is 0 Å². The second kappa shape index (κ2) is 6.24. The molecule has 142 valence electrons. The summed E-state index contributed by atoms with van der Waals surface area (Å²) >= 11 is 0. The normalized spacial score (nSPS) is 37.6. The summed E-state index contributed by atoms with van der Waals surface area (Å²) in [6, 6.07) is 8.08. The molecule has 3 nitrogen and oxygen atoms in total. The quantitative estimate of drug-likeness (QED) is 0.889. The lowest BCUT2D eigenvalue weighted by Gasteiger charge is -2.61. The number of nitrogens with zero attached hydrogens (tertiary/aromatic N) is 1. The maximum Gasteiger partial charge on any atom is 0.119 e. The minimum atomic E-state index is -0.139. The SMILES string of the molecule is COc1ccc2c(c1)[C@]13CCN(C(C)CC4CC4)[C@H](C2)[C@@H]1CCC(O)C3. The molecule has 4 aliphatic rings. The molecule has 1 aliphatic heterocycles. The number of benzene rings is 1. The molecule has 2 bridgehead atoms. The number of rotatable bonds is 4. The second-order valence-electron chi connectivity index (χ2n) is 9.51. The lowest BCUT2D eigenvalue weighted by atomic mass is 9.51. The van der Waals surface area contributed by atoms with Crippen molar-refractivity contribution in [1.29, 1.82) is 0 Å². The van der Waals surface area contributed by atoms with Crippen LogP contribution in [0, 0.1) is 11.8 Å². The van der Waals surface area contributed by atoms with E-state index in [1.54, 1.807) is 7.11 Å². The molecule has 3 aliphatic carbocycles. The fraction of sp³-hybridized carbons (Fsp3) is 0.739. The molecule has 3 fully saturated rings. The topological polar surface area (TPSA) is 32.7 Å². The van der Waals surface area contributed by atoms with Crippen molar-refractivity contribution < 1.29 is 9.84 Å². The van der Waals surface area contributed by atoms with E-state index in [4.69, 9.17) is 4.74 Å². The van der Waals surface area contributed by atoms with Gasteiger partial charge in [0.25, 0.3) is 0 Å². The maximum absolute atomic E-state index is 10.6. The van der Waals surface area contributed by atoms with Crippen LogP contribution in [-0.4, -0.2) is 41.8 Å². The molecular formula is C23H33NO2. The van der Waals surface area contributed by atoms with Crippen LogP contribution in [0.1, 0.15) is 63.0 Å². The van der Waals surface area contributed by atoms with Crippen LogP contribution in [0.15, 0.2) is 18.2 Å². The number of aliphatic hydroxyl groups is 1. The van der Waals surface area contributed by atoms with Gasteiger partial charge in [-0.05, 0) is 87.1 Å². The zero-order valence-corrected chi connectivity index (χ0v) is 16.3. The molecule has 26 heavy (non-hydrogen) atoms. The minimum Gasteiger partial charge on any atom is -0.497 e. The zero-order valence-electron chi connectivity index (χ0n) is 16.3. The average Bonchev–Trinajstić information content (AvgIpc) is 3.45. The number of likely N-dealkylation sites (tertiary alicyclic amines) is 1. The fourth-order valence-corrected chi connectivity index (χ4v) is 6.67. The third-order valence-electron chi connectivity index (χ3n) is 8.05. The monoisotopic (exact) mass is 355 g/mol. The van der Waals surface area contributed by atoms with Crippen molar-refractivity contribution in [2.24, 2.45) is 11.8 Å². The van der Waals surface area contributed by atoms with Crippen molar-refractivity contribution in [3.63, 3.8) is 0 Å². The molecule has 0 aromatic heterocycles. The van der Waals surface area contributed by atoms with Gasteiger partial charge in [0.1, 0.15) is 5.75 Å². The Morgan fingerprint density at radius 2 is 2.12 bits per heavy atom. The van der Waals surface area contributed by atoms with Gasteiger partial charge >= 0.3 is 0 Å². The summed E-state index contributed by atoms with van der Waals surface area (Å²) in [6.45, 7) is 3.66. The van der Waals surface area contributed by atoms with Gasteiger partial charge in [-0.1, -0.05) is 18.9 Å². The first-order valence-corrected chi connectivity index (χ1v) is 10.7. The fourth-order valence-electron chi connectivity index (χ4n) is 6.67. The Hall–Kier alpha value is -1.06. The van der Waals surface area contributed by atoms with Crippen molar-refractivity contribution in [3.05, 3.63) is 29.3 Å². The highest BCUT2D eigenvalue weighted by Crippen LogP contribution is 2.56. The lowest BCUT2D eigenvalue weighted by molar-refractivity contribution is -0.0621. The van der Waals surface area contributed by atoms with Crippen LogP contribution in [0.25, 0.3) is 0 Å². The van der Waals surface area contributed by atoms with Gasteiger partial charge < -0.3 is 9.84 Å². The Morgan fingerprint density at radius 3 is 2.88 bits per heavy atom. The largest absolute Gasteiger partial charge is 0.497 e. The van der Waals surface area contributed by atoms with E-state index in [0.717, 1.165) is 24.5 Å². The number of fused-ring (bicyclic) bond motifs is 1. The second-order valence-corrected chi connectivity index (χ2v) is 9.51. The molecule has 2 unspecified atom stereocenters. The molecular weight excluding hydrogens is 322 g/mol. The Kier molecular flexibility index (Phi) is 4.09. The van der Waals surface area contributed by atoms with Crippen LogP contribution < -0.4 is 4.74 Å². The summed E-state index contributed by atoms with van der Waals surface area (Å²) in [5.74, 6) is 2.66. The van der Waals surface area contributed by atoms with Gasteiger partial charge in [0, 0.05) is 17.5 Å². The molecule has 3 heteroatoms. The summed E-state index contributed by atoms with van der Waals surface area (Å²) in [5, 5.41) is 10.6. The molecule has 0 spiro atoms. The average molecular weight is 356 g/mol.